The van der Waals surface area contributed by atoms with Crippen molar-refractivity contribution in [3.63, 3.8) is 0 Å². The second-order valence-corrected chi connectivity index (χ2v) is 7.33. The van der Waals surface area contributed by atoms with Crippen molar-refractivity contribution in [1.29, 1.82) is 0 Å². The molecule has 0 fully saturated rings. The summed E-state index contributed by atoms with van der Waals surface area (Å²) >= 11 is 7.72. The molecule has 1 aliphatic heterocycles. The molecule has 0 saturated heterocycles. The molecule has 1 aliphatic rings. The van der Waals surface area contributed by atoms with Crippen LogP contribution in [0.15, 0.2) is 23.6 Å². The number of thiazole rings is 1. The summed E-state index contributed by atoms with van der Waals surface area (Å²) in [6.45, 7) is 7.01. The Hall–Kier alpha value is -1.59. The molecule has 0 bridgehead atoms. The first-order valence-corrected chi connectivity index (χ1v) is 9.09. The van der Waals surface area contributed by atoms with Crippen molar-refractivity contribution < 1.29 is 4.79 Å². The van der Waals surface area contributed by atoms with Crippen LogP contribution in [0.4, 0.5) is 5.69 Å². The first-order chi connectivity index (χ1) is 11.0. The summed E-state index contributed by atoms with van der Waals surface area (Å²) in [6, 6.07) is 5.34. The van der Waals surface area contributed by atoms with Gasteiger partial charge in [0.25, 0.3) is 5.91 Å². The molecule has 6 heteroatoms. The first kappa shape index (κ1) is 16.3. The van der Waals surface area contributed by atoms with Gasteiger partial charge in [0.05, 0.1) is 22.0 Å². The Morgan fingerprint density at radius 2 is 2.22 bits per heavy atom. The predicted molar refractivity (Wildman–Crippen MR) is 95.3 cm³/mol. The van der Waals surface area contributed by atoms with Crippen LogP contribution in [0.2, 0.25) is 5.02 Å². The van der Waals surface area contributed by atoms with Crippen molar-refractivity contribution in [2.75, 3.05) is 11.9 Å². The maximum Gasteiger partial charge on any atom is 0.257 e. The Morgan fingerprint density at radius 3 is 2.87 bits per heavy atom. The molecular formula is C17H20ClN3OS. The summed E-state index contributed by atoms with van der Waals surface area (Å²) in [6.07, 6.45) is 0.658. The third kappa shape index (κ3) is 3.08. The standard InChI is InChI=1S/C17H20ClN3OS/c1-4-7-21-15(14-9-23-16(20-14)10(2)3)19-13-8-11(18)5-6-12(13)17(21)22/h5-6,8-10,15,19H,4,7H2,1-3H3/t15-/m1/s1. The van der Waals surface area contributed by atoms with Gasteiger partial charge in [-0.25, -0.2) is 4.98 Å². The highest BCUT2D eigenvalue weighted by Crippen LogP contribution is 2.35. The van der Waals surface area contributed by atoms with Gasteiger partial charge in [0, 0.05) is 22.9 Å². The quantitative estimate of drug-likeness (QED) is 0.854. The summed E-state index contributed by atoms with van der Waals surface area (Å²) in [5.41, 5.74) is 2.34. The van der Waals surface area contributed by atoms with Crippen LogP contribution >= 0.6 is 22.9 Å². The number of benzene rings is 1. The lowest BCUT2D eigenvalue weighted by atomic mass is 10.1. The number of rotatable bonds is 4. The van der Waals surface area contributed by atoms with E-state index in [4.69, 9.17) is 16.6 Å². The molecule has 4 nitrogen and oxygen atoms in total. The van der Waals surface area contributed by atoms with Crippen molar-refractivity contribution in [3.8, 4) is 0 Å². The maximum absolute atomic E-state index is 12.9. The van der Waals surface area contributed by atoms with Gasteiger partial charge < -0.3 is 10.2 Å². The second-order valence-electron chi connectivity index (χ2n) is 6.00. The van der Waals surface area contributed by atoms with Gasteiger partial charge in [-0.1, -0.05) is 32.4 Å². The highest BCUT2D eigenvalue weighted by Gasteiger charge is 2.33. The second kappa shape index (κ2) is 6.49. The minimum absolute atomic E-state index is 0.0290. The highest BCUT2D eigenvalue weighted by atomic mass is 35.5. The average molecular weight is 350 g/mol. The smallest absolute Gasteiger partial charge is 0.257 e. The van der Waals surface area contributed by atoms with Gasteiger partial charge in [0.15, 0.2) is 0 Å². The fraction of sp³-hybridized carbons (Fsp3) is 0.412. The van der Waals surface area contributed by atoms with Crippen LogP contribution < -0.4 is 5.32 Å². The number of fused-ring (bicyclic) bond motifs is 1. The van der Waals surface area contributed by atoms with Crippen molar-refractivity contribution in [2.45, 2.75) is 39.3 Å². The van der Waals surface area contributed by atoms with E-state index in [1.165, 1.54) is 0 Å². The predicted octanol–water partition coefficient (Wildman–Crippen LogP) is 4.90. The Kier molecular flexibility index (Phi) is 4.60. The number of aromatic nitrogens is 1. The lowest BCUT2D eigenvalue weighted by molar-refractivity contribution is 0.0680. The van der Waals surface area contributed by atoms with E-state index in [0.717, 1.165) is 22.8 Å². The van der Waals surface area contributed by atoms with Crippen LogP contribution in [0.5, 0.6) is 0 Å². The zero-order valence-electron chi connectivity index (χ0n) is 13.5. The van der Waals surface area contributed by atoms with Crippen molar-refractivity contribution in [1.82, 2.24) is 9.88 Å². The van der Waals surface area contributed by atoms with Crippen LogP contribution in [-0.4, -0.2) is 22.3 Å². The molecule has 1 atom stereocenters. The minimum atomic E-state index is -0.239. The molecule has 1 amide bonds. The number of carbonyl (C=O) groups is 1. The van der Waals surface area contributed by atoms with E-state index in [2.05, 4.69) is 26.1 Å². The third-order valence-electron chi connectivity index (χ3n) is 3.86. The molecule has 0 unspecified atom stereocenters. The minimum Gasteiger partial charge on any atom is -0.359 e. The SMILES string of the molecule is CCCN1C(=O)c2ccc(Cl)cc2N[C@H]1c1csc(C(C)C)n1. The van der Waals surface area contributed by atoms with Gasteiger partial charge >= 0.3 is 0 Å². The molecular weight excluding hydrogens is 330 g/mol. The van der Waals surface area contributed by atoms with Crippen LogP contribution in [0.1, 0.15) is 60.3 Å². The van der Waals surface area contributed by atoms with Crippen molar-refractivity contribution >= 4 is 34.5 Å². The molecule has 0 aliphatic carbocycles. The van der Waals surface area contributed by atoms with E-state index in [9.17, 15) is 4.79 Å². The van der Waals surface area contributed by atoms with Crippen LogP contribution in [-0.2, 0) is 0 Å². The first-order valence-electron chi connectivity index (χ1n) is 7.83. The third-order valence-corrected chi connectivity index (χ3v) is 5.25. The molecule has 1 aromatic carbocycles. The molecule has 1 aromatic heterocycles. The Balaban J connectivity index is 2.01. The number of carbonyl (C=O) groups excluding carboxylic acids is 1. The lowest BCUT2D eigenvalue weighted by Gasteiger charge is -2.37. The van der Waals surface area contributed by atoms with E-state index >= 15 is 0 Å². The lowest BCUT2D eigenvalue weighted by Crippen LogP contribution is -2.43. The number of anilines is 1. The fourth-order valence-corrected chi connectivity index (χ4v) is 3.74. The summed E-state index contributed by atoms with van der Waals surface area (Å²) in [5.74, 6) is 0.413. The van der Waals surface area contributed by atoms with E-state index < -0.39 is 0 Å². The van der Waals surface area contributed by atoms with E-state index in [0.29, 0.717) is 23.0 Å². The van der Waals surface area contributed by atoms with Crippen LogP contribution in [0, 0.1) is 0 Å². The van der Waals surface area contributed by atoms with E-state index in [1.807, 2.05) is 10.3 Å². The zero-order chi connectivity index (χ0) is 16.6. The summed E-state index contributed by atoms with van der Waals surface area (Å²) in [4.78, 5) is 19.4. The number of nitrogens with one attached hydrogen (secondary N) is 1. The number of nitrogens with zero attached hydrogens (tertiary/aromatic N) is 2. The van der Waals surface area contributed by atoms with E-state index in [-0.39, 0.29) is 12.1 Å². The van der Waals surface area contributed by atoms with Gasteiger partial charge in [0.2, 0.25) is 0 Å². The largest absolute Gasteiger partial charge is 0.359 e. The summed E-state index contributed by atoms with van der Waals surface area (Å²) < 4.78 is 0. The highest BCUT2D eigenvalue weighted by molar-refractivity contribution is 7.09. The summed E-state index contributed by atoms with van der Waals surface area (Å²) in [5, 5.41) is 7.18. The molecule has 122 valence electrons. The Morgan fingerprint density at radius 1 is 1.43 bits per heavy atom. The van der Waals surface area contributed by atoms with Gasteiger partial charge in [-0.2, -0.15) is 0 Å². The molecule has 0 saturated carbocycles. The topological polar surface area (TPSA) is 45.2 Å². The molecule has 1 N–H and O–H groups in total. The van der Waals surface area contributed by atoms with Gasteiger partial charge in [0.1, 0.15) is 6.17 Å². The molecule has 0 radical (unpaired) electrons. The number of hydrogen-bond acceptors (Lipinski definition) is 4. The molecule has 3 rings (SSSR count). The molecule has 2 aromatic rings. The normalized spacial score (nSPS) is 17.3. The monoisotopic (exact) mass is 349 g/mol. The van der Waals surface area contributed by atoms with Crippen LogP contribution in [0.25, 0.3) is 0 Å². The summed E-state index contributed by atoms with van der Waals surface area (Å²) in [7, 11) is 0. The number of halogens is 1. The zero-order valence-corrected chi connectivity index (χ0v) is 15.0. The average Bonchev–Trinajstić information content (AvgIpc) is 2.99. The number of amides is 1. The van der Waals surface area contributed by atoms with Crippen molar-refractivity contribution in [2.24, 2.45) is 0 Å². The van der Waals surface area contributed by atoms with Gasteiger partial charge in [-0.05, 0) is 24.6 Å². The van der Waals surface area contributed by atoms with Gasteiger partial charge in [-0.15, -0.1) is 11.3 Å². The maximum atomic E-state index is 12.9. The molecule has 0 spiro atoms. The molecule has 23 heavy (non-hydrogen) atoms. The van der Waals surface area contributed by atoms with Crippen LogP contribution in [0.3, 0.4) is 0 Å². The Bertz CT molecular complexity index is 728. The van der Waals surface area contributed by atoms with Gasteiger partial charge in [-0.3, -0.25) is 4.79 Å². The molecule has 2 heterocycles. The number of hydrogen-bond donors (Lipinski definition) is 1. The Labute approximate surface area is 145 Å². The van der Waals surface area contributed by atoms with E-state index in [1.54, 1.807) is 29.5 Å². The fourth-order valence-electron chi connectivity index (χ4n) is 2.72. The van der Waals surface area contributed by atoms with Crippen molar-refractivity contribution in [3.05, 3.63) is 44.9 Å².